The van der Waals surface area contributed by atoms with Crippen LogP contribution in [0.15, 0.2) is 79.2 Å². The van der Waals surface area contributed by atoms with E-state index in [9.17, 15) is 14.0 Å². The third-order valence-electron chi connectivity index (χ3n) is 6.00. The number of hydrogen-bond donors (Lipinski definition) is 2. The lowest BCUT2D eigenvalue weighted by molar-refractivity contribution is -0.119. The van der Waals surface area contributed by atoms with Crippen molar-refractivity contribution in [2.45, 2.75) is 45.9 Å². The Morgan fingerprint density at radius 1 is 1.18 bits per heavy atom. The van der Waals surface area contributed by atoms with E-state index < -0.39 is 6.67 Å². The Kier molecular flexibility index (Phi) is 12.9. The number of aromatic nitrogens is 1. The largest absolute Gasteiger partial charge is 0.442 e. The second-order valence-corrected chi connectivity index (χ2v) is 9.03. The van der Waals surface area contributed by atoms with Crippen LogP contribution in [0.3, 0.4) is 0 Å². The van der Waals surface area contributed by atoms with Crippen molar-refractivity contribution in [3.63, 3.8) is 0 Å². The van der Waals surface area contributed by atoms with E-state index in [-0.39, 0.29) is 30.2 Å². The predicted octanol–water partition coefficient (Wildman–Crippen LogP) is 5.55. The minimum Gasteiger partial charge on any atom is -0.442 e. The number of halogens is 1. The number of benzene rings is 1. The van der Waals surface area contributed by atoms with Gasteiger partial charge in [-0.05, 0) is 61.2 Å². The van der Waals surface area contributed by atoms with Crippen molar-refractivity contribution < 1.29 is 18.7 Å². The molecule has 38 heavy (non-hydrogen) atoms. The summed E-state index contributed by atoms with van der Waals surface area (Å²) in [6.45, 7) is 12.2. The van der Waals surface area contributed by atoms with Crippen molar-refractivity contribution in [2.24, 2.45) is 0 Å². The summed E-state index contributed by atoms with van der Waals surface area (Å²) in [6.07, 6.45) is 10.2. The maximum Gasteiger partial charge on any atom is 0.410 e. The molecule has 3 rings (SSSR count). The number of carbonyl (C=O) groups is 2. The first-order valence-electron chi connectivity index (χ1n) is 12.7. The van der Waals surface area contributed by atoms with E-state index in [2.05, 4.69) is 48.2 Å². The first-order chi connectivity index (χ1) is 18.3. The Labute approximate surface area is 225 Å². The van der Waals surface area contributed by atoms with Gasteiger partial charge in [-0.3, -0.25) is 9.78 Å². The monoisotopic (exact) mass is 522 g/mol. The van der Waals surface area contributed by atoms with E-state index in [1.54, 1.807) is 23.4 Å². The van der Waals surface area contributed by atoms with Crippen molar-refractivity contribution in [3.05, 3.63) is 95.9 Å². The van der Waals surface area contributed by atoms with Gasteiger partial charge in [0, 0.05) is 37.9 Å². The summed E-state index contributed by atoms with van der Waals surface area (Å²) in [5.74, 6) is -0.113. The third kappa shape index (κ3) is 10.3. The Hall–Kier alpha value is -3.78. The maximum atomic E-state index is 12.7. The van der Waals surface area contributed by atoms with Crippen molar-refractivity contribution in [3.8, 4) is 0 Å². The topological polar surface area (TPSA) is 83.6 Å². The van der Waals surface area contributed by atoms with Gasteiger partial charge in [0.1, 0.15) is 12.8 Å². The smallest absolute Gasteiger partial charge is 0.410 e. The summed E-state index contributed by atoms with van der Waals surface area (Å²) < 4.78 is 17.8. The van der Waals surface area contributed by atoms with E-state index in [1.807, 2.05) is 49.4 Å². The molecule has 2 heterocycles. The normalized spacial score (nSPS) is 16.9. The second kappa shape index (κ2) is 16.1. The number of alkyl halides is 1. The summed E-state index contributed by atoms with van der Waals surface area (Å²) in [6, 6.07) is 12.7. The summed E-state index contributed by atoms with van der Waals surface area (Å²) in [7, 11) is 0. The molecule has 0 bridgehead atoms. The minimum absolute atomic E-state index is 0.113. The van der Waals surface area contributed by atoms with Crippen LogP contribution in [0.2, 0.25) is 0 Å². The van der Waals surface area contributed by atoms with Gasteiger partial charge in [0.05, 0.1) is 13.1 Å². The second-order valence-electron chi connectivity index (χ2n) is 9.03. The number of amides is 2. The average Bonchev–Trinajstić information content (AvgIpc) is 3.29. The molecule has 0 spiro atoms. The van der Waals surface area contributed by atoms with E-state index in [1.165, 1.54) is 18.1 Å². The van der Waals surface area contributed by atoms with Crippen LogP contribution in [-0.4, -0.2) is 54.3 Å². The number of nitrogens with zero attached hydrogens (tertiary/aromatic N) is 2. The van der Waals surface area contributed by atoms with Gasteiger partial charge in [0.25, 0.3) is 0 Å². The number of cyclic esters (lactones) is 1. The molecule has 2 N–H and O–H groups in total. The molecule has 0 aliphatic carbocycles. The van der Waals surface area contributed by atoms with E-state index in [4.69, 9.17) is 4.74 Å². The lowest BCUT2D eigenvalue weighted by atomic mass is 10.0. The van der Waals surface area contributed by atoms with Crippen molar-refractivity contribution in [1.82, 2.24) is 20.5 Å². The van der Waals surface area contributed by atoms with Crippen LogP contribution in [-0.2, 0) is 9.53 Å². The van der Waals surface area contributed by atoms with Crippen molar-refractivity contribution in [1.29, 1.82) is 0 Å². The lowest BCUT2D eigenvalue weighted by Crippen LogP contribution is -2.33. The number of nitrogens with one attached hydrogen (secondary N) is 2. The molecule has 1 aromatic carbocycles. The zero-order valence-corrected chi connectivity index (χ0v) is 22.7. The van der Waals surface area contributed by atoms with Gasteiger partial charge in [-0.15, -0.1) is 0 Å². The maximum absolute atomic E-state index is 12.7. The molecular formula is C30H39FN4O3. The van der Waals surface area contributed by atoms with Crippen LogP contribution < -0.4 is 10.6 Å². The molecule has 1 fully saturated rings. The van der Waals surface area contributed by atoms with Gasteiger partial charge in [-0.2, -0.15) is 0 Å². The summed E-state index contributed by atoms with van der Waals surface area (Å²) in [4.78, 5) is 27.6. The van der Waals surface area contributed by atoms with Gasteiger partial charge in [0.15, 0.2) is 0 Å². The molecule has 3 unspecified atom stereocenters. The Bertz CT molecular complexity index is 1090. The molecule has 0 radical (unpaired) electrons. The minimum atomic E-state index is -0.493. The molecule has 204 valence electrons. The number of allylic oxidation sites excluding steroid dienone is 3. The van der Waals surface area contributed by atoms with Crippen LogP contribution in [0, 0.1) is 0 Å². The van der Waals surface area contributed by atoms with Crippen molar-refractivity contribution in [2.75, 3.05) is 26.3 Å². The highest BCUT2D eigenvalue weighted by atomic mass is 19.1. The van der Waals surface area contributed by atoms with E-state index >= 15 is 0 Å². The third-order valence-corrected chi connectivity index (χ3v) is 6.00. The fraction of sp³-hybridized carbons (Fsp3) is 0.367. The van der Waals surface area contributed by atoms with Crippen LogP contribution in [0.5, 0.6) is 0 Å². The zero-order valence-electron chi connectivity index (χ0n) is 22.7. The molecule has 2 aromatic rings. The highest BCUT2D eigenvalue weighted by Gasteiger charge is 2.30. The Morgan fingerprint density at radius 2 is 1.82 bits per heavy atom. The molecule has 1 aliphatic rings. The highest BCUT2D eigenvalue weighted by molar-refractivity contribution is 5.73. The number of ether oxygens (including phenoxy) is 1. The molecule has 2 amide bonds. The number of hydrogen-bond acceptors (Lipinski definition) is 5. The SMILES string of the molecule is C/C=C\CN1CC(CNC(C)=O)OC1=O.C=C/C(=C/c1ccc(C(C)NC(C)c2ccncc2)cc1)CF. The van der Waals surface area contributed by atoms with Crippen LogP contribution in [0.25, 0.3) is 6.08 Å². The first-order valence-corrected chi connectivity index (χ1v) is 12.7. The van der Waals surface area contributed by atoms with Gasteiger partial charge in [-0.1, -0.05) is 49.1 Å². The van der Waals surface area contributed by atoms with Gasteiger partial charge in [-0.25, -0.2) is 9.18 Å². The zero-order chi connectivity index (χ0) is 27.9. The number of carbonyl (C=O) groups excluding carboxylic acids is 2. The Morgan fingerprint density at radius 3 is 2.37 bits per heavy atom. The lowest BCUT2D eigenvalue weighted by Gasteiger charge is -2.20. The predicted molar refractivity (Wildman–Crippen MR) is 150 cm³/mol. The summed E-state index contributed by atoms with van der Waals surface area (Å²) in [5, 5.41) is 6.20. The highest BCUT2D eigenvalue weighted by Crippen LogP contribution is 2.20. The summed E-state index contributed by atoms with van der Waals surface area (Å²) in [5.41, 5.74) is 3.99. The molecule has 7 nitrogen and oxygen atoms in total. The molecule has 3 atom stereocenters. The van der Waals surface area contributed by atoms with Crippen LogP contribution >= 0.6 is 0 Å². The number of rotatable bonds is 11. The molecule has 8 heteroatoms. The van der Waals surface area contributed by atoms with Crippen LogP contribution in [0.1, 0.15) is 56.5 Å². The standard InChI is InChI=1S/C20H23FN2.C10H16N2O3/c1-4-17(14-21)13-18-5-7-19(8-6-18)15(2)23-16(3)20-9-11-22-12-10-20;1-3-4-5-12-7-9(15-10(12)14)6-11-8(2)13/h4-13,15-16,23H,1,14H2,2-3H3;3-4,9H,5-7H2,1-2H3,(H,11,13)/b17-13-;4-3-. The first kappa shape index (κ1) is 30.4. The van der Waals surface area contributed by atoms with E-state index in [0.29, 0.717) is 25.2 Å². The molecule has 1 aliphatic heterocycles. The average molecular weight is 523 g/mol. The molecule has 1 aromatic heterocycles. The quantitative estimate of drug-likeness (QED) is 0.299. The van der Waals surface area contributed by atoms with Gasteiger partial charge >= 0.3 is 6.09 Å². The molecule has 0 saturated carbocycles. The van der Waals surface area contributed by atoms with Gasteiger partial charge < -0.3 is 20.3 Å². The molecule has 1 saturated heterocycles. The fourth-order valence-corrected chi connectivity index (χ4v) is 3.79. The Balaban J connectivity index is 0.000000293. The molecular weight excluding hydrogens is 483 g/mol. The fourth-order valence-electron chi connectivity index (χ4n) is 3.79. The number of pyridine rings is 1. The van der Waals surface area contributed by atoms with E-state index in [0.717, 1.165) is 5.56 Å². The van der Waals surface area contributed by atoms with Crippen molar-refractivity contribution >= 4 is 18.1 Å². The van der Waals surface area contributed by atoms with Gasteiger partial charge in [0.2, 0.25) is 5.91 Å². The van der Waals surface area contributed by atoms with Crippen LogP contribution in [0.4, 0.5) is 9.18 Å². The summed E-state index contributed by atoms with van der Waals surface area (Å²) >= 11 is 0.